The van der Waals surface area contributed by atoms with Crippen LogP contribution in [0.1, 0.15) is 20.3 Å². The van der Waals surface area contributed by atoms with Gasteiger partial charge in [-0.15, -0.1) is 0 Å². The summed E-state index contributed by atoms with van der Waals surface area (Å²) >= 11 is 0. The normalized spacial score (nSPS) is 18.1. The Hall–Kier alpha value is -1.06. The van der Waals surface area contributed by atoms with E-state index in [1.807, 2.05) is 0 Å². The van der Waals surface area contributed by atoms with Crippen LogP contribution in [0.3, 0.4) is 0 Å². The first-order valence-corrected chi connectivity index (χ1v) is 6.88. The molecule has 3 nitrogen and oxygen atoms in total. The van der Waals surface area contributed by atoms with E-state index in [4.69, 9.17) is 5.73 Å². The highest BCUT2D eigenvalue weighted by Crippen LogP contribution is 2.22. The quantitative estimate of drug-likeness (QED) is 0.882. The molecule has 0 unspecified atom stereocenters. The highest BCUT2D eigenvalue weighted by molar-refractivity contribution is 5.46. The Balaban J connectivity index is 1.92. The maximum absolute atomic E-state index is 5.70. The van der Waals surface area contributed by atoms with Crippen LogP contribution in [0.25, 0.3) is 0 Å². The lowest BCUT2D eigenvalue weighted by molar-refractivity contribution is 0.106. The van der Waals surface area contributed by atoms with Gasteiger partial charge < -0.3 is 10.6 Å². The highest BCUT2D eigenvalue weighted by atomic mass is 15.3. The minimum Gasteiger partial charge on any atom is -0.369 e. The van der Waals surface area contributed by atoms with Gasteiger partial charge in [-0.25, -0.2) is 0 Å². The monoisotopic (exact) mass is 247 g/mol. The largest absolute Gasteiger partial charge is 0.369 e. The Morgan fingerprint density at radius 1 is 1.06 bits per heavy atom. The standard InChI is InChI=1S/C15H25N3/c1-15(2,8-9-16)18-12-10-17(11-13-18)14-6-4-3-5-7-14/h3-7H,8-13,16H2,1-2H3. The summed E-state index contributed by atoms with van der Waals surface area (Å²) in [5.74, 6) is 0. The van der Waals surface area contributed by atoms with Crippen LogP contribution in [0.15, 0.2) is 30.3 Å². The van der Waals surface area contributed by atoms with Crippen LogP contribution >= 0.6 is 0 Å². The summed E-state index contributed by atoms with van der Waals surface area (Å²) < 4.78 is 0. The molecule has 2 N–H and O–H groups in total. The second kappa shape index (κ2) is 5.72. The number of nitrogens with zero attached hydrogens (tertiary/aromatic N) is 2. The van der Waals surface area contributed by atoms with Crippen molar-refractivity contribution in [1.29, 1.82) is 0 Å². The minimum atomic E-state index is 0.234. The van der Waals surface area contributed by atoms with Crippen molar-refractivity contribution in [3.05, 3.63) is 30.3 Å². The molecule has 2 rings (SSSR count). The van der Waals surface area contributed by atoms with Crippen molar-refractivity contribution in [3.63, 3.8) is 0 Å². The molecule has 18 heavy (non-hydrogen) atoms. The summed E-state index contributed by atoms with van der Waals surface area (Å²) in [5, 5.41) is 0. The van der Waals surface area contributed by atoms with Gasteiger partial charge in [-0.3, -0.25) is 4.90 Å². The van der Waals surface area contributed by atoms with E-state index >= 15 is 0 Å². The van der Waals surface area contributed by atoms with E-state index in [0.29, 0.717) is 0 Å². The molecule has 0 atom stereocenters. The average molecular weight is 247 g/mol. The highest BCUT2D eigenvalue weighted by Gasteiger charge is 2.29. The van der Waals surface area contributed by atoms with Crippen molar-refractivity contribution in [2.45, 2.75) is 25.8 Å². The van der Waals surface area contributed by atoms with Crippen LogP contribution in [0.2, 0.25) is 0 Å². The van der Waals surface area contributed by atoms with Gasteiger partial charge in [-0.2, -0.15) is 0 Å². The number of benzene rings is 1. The van der Waals surface area contributed by atoms with E-state index in [1.165, 1.54) is 5.69 Å². The molecule has 1 heterocycles. The summed E-state index contributed by atoms with van der Waals surface area (Å²) in [6.07, 6.45) is 1.07. The molecule has 0 saturated carbocycles. The number of piperazine rings is 1. The predicted octanol–water partition coefficient (Wildman–Crippen LogP) is 1.94. The van der Waals surface area contributed by atoms with Gasteiger partial charge >= 0.3 is 0 Å². The molecule has 3 heteroatoms. The van der Waals surface area contributed by atoms with E-state index < -0.39 is 0 Å². The molecule has 100 valence electrons. The average Bonchev–Trinajstić information content (AvgIpc) is 2.40. The molecular formula is C15H25N3. The maximum Gasteiger partial charge on any atom is 0.0367 e. The molecule has 0 bridgehead atoms. The molecule has 1 saturated heterocycles. The first-order valence-electron chi connectivity index (χ1n) is 6.88. The van der Waals surface area contributed by atoms with Crippen molar-refractivity contribution in [2.75, 3.05) is 37.6 Å². The lowest BCUT2D eigenvalue weighted by Gasteiger charge is -2.44. The second-order valence-corrected chi connectivity index (χ2v) is 5.66. The minimum absolute atomic E-state index is 0.234. The summed E-state index contributed by atoms with van der Waals surface area (Å²) in [4.78, 5) is 5.04. The predicted molar refractivity (Wildman–Crippen MR) is 78.0 cm³/mol. The summed E-state index contributed by atoms with van der Waals surface area (Å²) in [7, 11) is 0. The van der Waals surface area contributed by atoms with E-state index in [9.17, 15) is 0 Å². The van der Waals surface area contributed by atoms with E-state index in [2.05, 4.69) is 54.0 Å². The lowest BCUT2D eigenvalue weighted by atomic mass is 9.97. The van der Waals surface area contributed by atoms with Gasteiger partial charge in [0.25, 0.3) is 0 Å². The first kappa shape index (κ1) is 13.4. The van der Waals surface area contributed by atoms with Crippen LogP contribution in [0.5, 0.6) is 0 Å². The Morgan fingerprint density at radius 3 is 2.22 bits per heavy atom. The zero-order valence-corrected chi connectivity index (χ0v) is 11.6. The van der Waals surface area contributed by atoms with Crippen molar-refractivity contribution in [3.8, 4) is 0 Å². The molecular weight excluding hydrogens is 222 g/mol. The molecule has 0 amide bonds. The molecule has 0 aliphatic carbocycles. The SMILES string of the molecule is CC(C)(CCN)N1CCN(c2ccccc2)CC1. The molecule has 1 aromatic carbocycles. The number of hydrogen-bond acceptors (Lipinski definition) is 3. The van der Waals surface area contributed by atoms with E-state index in [0.717, 1.165) is 39.1 Å². The first-order chi connectivity index (χ1) is 8.63. The Kier molecular flexibility index (Phi) is 4.25. The van der Waals surface area contributed by atoms with E-state index in [-0.39, 0.29) is 5.54 Å². The Morgan fingerprint density at radius 2 is 1.67 bits per heavy atom. The maximum atomic E-state index is 5.70. The summed E-state index contributed by atoms with van der Waals surface area (Å²) in [6, 6.07) is 10.7. The zero-order valence-electron chi connectivity index (χ0n) is 11.6. The fourth-order valence-corrected chi connectivity index (χ4v) is 2.72. The lowest BCUT2D eigenvalue weighted by Crippen LogP contribution is -2.55. The molecule has 0 aromatic heterocycles. The van der Waals surface area contributed by atoms with Gasteiger partial charge in [0.2, 0.25) is 0 Å². The number of para-hydroxylation sites is 1. The van der Waals surface area contributed by atoms with Gasteiger partial charge in [0, 0.05) is 37.4 Å². The number of hydrogen-bond donors (Lipinski definition) is 1. The zero-order chi connectivity index (χ0) is 13.0. The van der Waals surface area contributed by atoms with E-state index in [1.54, 1.807) is 0 Å². The van der Waals surface area contributed by atoms with Crippen LogP contribution in [-0.2, 0) is 0 Å². The van der Waals surface area contributed by atoms with Gasteiger partial charge in [0.15, 0.2) is 0 Å². The molecule has 1 aromatic rings. The fraction of sp³-hybridized carbons (Fsp3) is 0.600. The fourth-order valence-electron chi connectivity index (χ4n) is 2.72. The van der Waals surface area contributed by atoms with Crippen molar-refractivity contribution in [1.82, 2.24) is 4.90 Å². The smallest absolute Gasteiger partial charge is 0.0367 e. The van der Waals surface area contributed by atoms with Gasteiger partial charge in [-0.1, -0.05) is 18.2 Å². The number of anilines is 1. The van der Waals surface area contributed by atoms with Gasteiger partial charge in [-0.05, 0) is 38.9 Å². The van der Waals surface area contributed by atoms with Gasteiger partial charge in [0.1, 0.15) is 0 Å². The molecule has 1 aliphatic rings. The number of rotatable bonds is 4. The molecule has 1 aliphatic heterocycles. The van der Waals surface area contributed by atoms with Crippen molar-refractivity contribution >= 4 is 5.69 Å². The summed E-state index contributed by atoms with van der Waals surface area (Å²) in [5.41, 5.74) is 7.28. The van der Waals surface area contributed by atoms with Gasteiger partial charge in [0.05, 0.1) is 0 Å². The Bertz CT molecular complexity index is 353. The molecule has 0 spiro atoms. The van der Waals surface area contributed by atoms with Crippen LogP contribution in [-0.4, -0.2) is 43.2 Å². The van der Waals surface area contributed by atoms with Crippen molar-refractivity contribution in [2.24, 2.45) is 5.73 Å². The third-order valence-corrected chi connectivity index (χ3v) is 4.01. The molecule has 1 fully saturated rings. The van der Waals surface area contributed by atoms with Crippen LogP contribution in [0, 0.1) is 0 Å². The topological polar surface area (TPSA) is 32.5 Å². The third-order valence-electron chi connectivity index (χ3n) is 4.01. The van der Waals surface area contributed by atoms with Crippen LogP contribution < -0.4 is 10.6 Å². The summed E-state index contributed by atoms with van der Waals surface area (Å²) in [6.45, 7) is 9.85. The van der Waals surface area contributed by atoms with Crippen molar-refractivity contribution < 1.29 is 0 Å². The number of nitrogens with two attached hydrogens (primary N) is 1. The third kappa shape index (κ3) is 3.03. The second-order valence-electron chi connectivity index (χ2n) is 5.66. The molecule has 0 radical (unpaired) electrons. The van der Waals surface area contributed by atoms with Crippen LogP contribution in [0.4, 0.5) is 5.69 Å². The Labute approximate surface area is 111 Å².